The van der Waals surface area contributed by atoms with Crippen LogP contribution in [0.4, 0.5) is 8.78 Å². The van der Waals surface area contributed by atoms with Crippen molar-refractivity contribution in [2.75, 3.05) is 20.2 Å². The molecule has 0 unspecified atom stereocenters. The number of hydrogen-bond donors (Lipinski definition) is 1. The first kappa shape index (κ1) is 17.6. The fraction of sp³-hybridized carbons (Fsp3) is 0.462. The van der Waals surface area contributed by atoms with Gasteiger partial charge in [0.05, 0.1) is 17.6 Å². The predicted molar refractivity (Wildman–Crippen MR) is 75.9 cm³/mol. The standard InChI is InChI=1S/C13H16BrF2NO4/c1-3-20-10-5-8(6-17(2)7-11(18)19)4-9(14)12(10)21-13(15)16/h4-5,13H,3,6-7H2,1-2H3,(H,18,19). The van der Waals surface area contributed by atoms with Crippen molar-refractivity contribution >= 4 is 21.9 Å². The maximum Gasteiger partial charge on any atom is 0.387 e. The van der Waals surface area contributed by atoms with Gasteiger partial charge in [0, 0.05) is 6.54 Å². The largest absolute Gasteiger partial charge is 0.490 e. The Balaban J connectivity index is 2.99. The average molecular weight is 368 g/mol. The van der Waals surface area contributed by atoms with E-state index in [0.29, 0.717) is 17.6 Å². The molecule has 0 fully saturated rings. The Hall–Kier alpha value is -1.41. The SMILES string of the molecule is CCOc1cc(CN(C)CC(=O)O)cc(Br)c1OC(F)F. The van der Waals surface area contributed by atoms with E-state index >= 15 is 0 Å². The van der Waals surface area contributed by atoms with Crippen molar-refractivity contribution in [3.63, 3.8) is 0 Å². The predicted octanol–water partition coefficient (Wildman–Crippen LogP) is 2.97. The number of nitrogens with zero attached hydrogens (tertiary/aromatic N) is 1. The number of alkyl halides is 2. The van der Waals surface area contributed by atoms with Crippen molar-refractivity contribution in [1.82, 2.24) is 4.90 Å². The lowest BCUT2D eigenvalue weighted by Gasteiger charge is -2.18. The van der Waals surface area contributed by atoms with Crippen LogP contribution in [0, 0.1) is 0 Å². The highest BCUT2D eigenvalue weighted by Gasteiger charge is 2.17. The van der Waals surface area contributed by atoms with E-state index in [1.54, 1.807) is 31.0 Å². The number of carboxylic acids is 1. The molecule has 0 amide bonds. The third-order valence-corrected chi connectivity index (χ3v) is 3.02. The minimum Gasteiger partial charge on any atom is -0.490 e. The molecule has 0 aliphatic heterocycles. The fourth-order valence-corrected chi connectivity index (χ4v) is 2.36. The Morgan fingerprint density at radius 2 is 2.14 bits per heavy atom. The number of benzene rings is 1. The molecule has 0 spiro atoms. The molecule has 8 heteroatoms. The summed E-state index contributed by atoms with van der Waals surface area (Å²) in [4.78, 5) is 12.2. The summed E-state index contributed by atoms with van der Waals surface area (Å²) in [6, 6.07) is 3.16. The molecule has 0 aliphatic rings. The third kappa shape index (κ3) is 5.84. The van der Waals surface area contributed by atoms with Gasteiger partial charge in [0.15, 0.2) is 11.5 Å². The first-order chi connectivity index (χ1) is 9.83. The minimum atomic E-state index is -2.96. The van der Waals surface area contributed by atoms with Gasteiger partial charge in [0.1, 0.15) is 0 Å². The fourth-order valence-electron chi connectivity index (χ4n) is 1.78. The number of hydrogen-bond acceptors (Lipinski definition) is 4. The van der Waals surface area contributed by atoms with Gasteiger partial charge in [-0.15, -0.1) is 0 Å². The van der Waals surface area contributed by atoms with Crippen LogP contribution in [0.5, 0.6) is 11.5 Å². The van der Waals surface area contributed by atoms with E-state index in [1.807, 2.05) is 0 Å². The van der Waals surface area contributed by atoms with Gasteiger partial charge >= 0.3 is 12.6 Å². The number of aliphatic carboxylic acids is 1. The monoisotopic (exact) mass is 367 g/mol. The van der Waals surface area contributed by atoms with E-state index in [9.17, 15) is 13.6 Å². The molecule has 0 bridgehead atoms. The molecule has 118 valence electrons. The topological polar surface area (TPSA) is 59.0 Å². The van der Waals surface area contributed by atoms with E-state index in [-0.39, 0.29) is 18.0 Å². The molecular formula is C13H16BrF2NO4. The summed E-state index contributed by atoms with van der Waals surface area (Å²) in [6.45, 7) is -0.735. The van der Waals surface area contributed by atoms with Crippen LogP contribution in [0.15, 0.2) is 16.6 Å². The van der Waals surface area contributed by atoms with Gasteiger partial charge in [-0.2, -0.15) is 8.78 Å². The number of likely N-dealkylation sites (N-methyl/N-ethyl adjacent to an activating group) is 1. The molecule has 0 saturated heterocycles. The van der Waals surface area contributed by atoms with Crippen LogP contribution in [0.2, 0.25) is 0 Å². The number of carboxylic acid groups (broad SMARTS) is 1. The van der Waals surface area contributed by atoms with E-state index < -0.39 is 12.6 Å². The summed E-state index contributed by atoms with van der Waals surface area (Å²) in [7, 11) is 1.64. The molecule has 5 nitrogen and oxygen atoms in total. The second-order valence-corrected chi connectivity index (χ2v) is 5.14. The summed E-state index contributed by atoms with van der Waals surface area (Å²) in [6.07, 6.45) is 0. The molecule has 1 rings (SSSR count). The highest BCUT2D eigenvalue weighted by Crippen LogP contribution is 2.38. The van der Waals surface area contributed by atoms with Gasteiger partial charge in [-0.25, -0.2) is 0 Å². The summed E-state index contributed by atoms with van der Waals surface area (Å²) < 4.78 is 34.9. The summed E-state index contributed by atoms with van der Waals surface area (Å²) in [5.74, 6) is -0.832. The molecule has 0 aromatic heterocycles. The third-order valence-electron chi connectivity index (χ3n) is 2.43. The second kappa shape index (κ2) is 8.14. The molecular weight excluding hydrogens is 352 g/mol. The summed E-state index contributed by atoms with van der Waals surface area (Å²) in [5.41, 5.74) is 0.718. The smallest absolute Gasteiger partial charge is 0.387 e. The maximum atomic E-state index is 12.4. The molecule has 0 heterocycles. The molecule has 0 aliphatic carbocycles. The quantitative estimate of drug-likeness (QED) is 0.765. The van der Waals surface area contributed by atoms with Crippen LogP contribution in [-0.2, 0) is 11.3 Å². The highest BCUT2D eigenvalue weighted by molar-refractivity contribution is 9.10. The minimum absolute atomic E-state index is 0.0727. The molecule has 1 N–H and O–H groups in total. The van der Waals surface area contributed by atoms with Gasteiger partial charge in [0.25, 0.3) is 0 Å². The lowest BCUT2D eigenvalue weighted by atomic mass is 10.2. The van der Waals surface area contributed by atoms with Crippen LogP contribution in [0.25, 0.3) is 0 Å². The van der Waals surface area contributed by atoms with E-state index in [1.165, 1.54) is 0 Å². The van der Waals surface area contributed by atoms with Gasteiger partial charge in [-0.1, -0.05) is 0 Å². The zero-order valence-corrected chi connectivity index (χ0v) is 13.2. The number of rotatable bonds is 8. The van der Waals surface area contributed by atoms with Crippen molar-refractivity contribution in [3.05, 3.63) is 22.2 Å². The summed E-state index contributed by atoms with van der Waals surface area (Å²) in [5, 5.41) is 8.72. The average Bonchev–Trinajstić information content (AvgIpc) is 2.32. The van der Waals surface area contributed by atoms with E-state index in [2.05, 4.69) is 20.7 Å². The van der Waals surface area contributed by atoms with Crippen molar-refractivity contribution in [3.8, 4) is 11.5 Å². The molecule has 0 radical (unpaired) electrons. The maximum absolute atomic E-state index is 12.4. The van der Waals surface area contributed by atoms with Crippen molar-refractivity contribution in [1.29, 1.82) is 0 Å². The Morgan fingerprint density at radius 1 is 1.48 bits per heavy atom. The zero-order chi connectivity index (χ0) is 16.0. The number of halogens is 3. The van der Waals surface area contributed by atoms with Gasteiger partial charge < -0.3 is 14.6 Å². The van der Waals surface area contributed by atoms with Crippen molar-refractivity contribution in [2.45, 2.75) is 20.1 Å². The van der Waals surface area contributed by atoms with Crippen LogP contribution in [0.1, 0.15) is 12.5 Å². The zero-order valence-electron chi connectivity index (χ0n) is 11.6. The van der Waals surface area contributed by atoms with Gasteiger partial charge in [-0.05, 0) is 47.6 Å². The molecule has 1 aromatic rings. The van der Waals surface area contributed by atoms with Gasteiger partial charge in [-0.3, -0.25) is 9.69 Å². The van der Waals surface area contributed by atoms with Gasteiger partial charge in [0.2, 0.25) is 0 Å². The molecule has 0 atom stereocenters. The Kier molecular flexibility index (Phi) is 6.83. The lowest BCUT2D eigenvalue weighted by molar-refractivity contribution is -0.138. The number of carbonyl (C=O) groups is 1. The first-order valence-electron chi connectivity index (χ1n) is 6.13. The van der Waals surface area contributed by atoms with E-state index in [4.69, 9.17) is 9.84 Å². The van der Waals surface area contributed by atoms with Crippen molar-refractivity contribution in [2.24, 2.45) is 0 Å². The van der Waals surface area contributed by atoms with E-state index in [0.717, 1.165) is 5.56 Å². The first-order valence-corrected chi connectivity index (χ1v) is 6.93. The lowest BCUT2D eigenvalue weighted by Crippen LogP contribution is -2.25. The van der Waals surface area contributed by atoms with Crippen LogP contribution >= 0.6 is 15.9 Å². The molecule has 0 saturated carbocycles. The summed E-state index contributed by atoms with van der Waals surface area (Å²) >= 11 is 3.16. The molecule has 1 aromatic carbocycles. The van der Waals surface area contributed by atoms with Crippen LogP contribution in [0.3, 0.4) is 0 Å². The number of ether oxygens (including phenoxy) is 2. The Morgan fingerprint density at radius 3 is 2.67 bits per heavy atom. The van der Waals surface area contributed by atoms with Crippen molar-refractivity contribution < 1.29 is 28.2 Å². The Labute approximate surface area is 129 Å². The molecule has 21 heavy (non-hydrogen) atoms. The normalized spacial score (nSPS) is 11.0. The van der Waals surface area contributed by atoms with Crippen LogP contribution in [-0.4, -0.2) is 42.8 Å². The highest BCUT2D eigenvalue weighted by atomic mass is 79.9. The second-order valence-electron chi connectivity index (χ2n) is 4.28. The Bertz CT molecular complexity index is 499. The van der Waals surface area contributed by atoms with Crippen LogP contribution < -0.4 is 9.47 Å².